The van der Waals surface area contributed by atoms with Crippen molar-refractivity contribution >= 4 is 11.6 Å². The number of ether oxygens (including phenoxy) is 1. The maximum atomic E-state index is 13.7. The lowest BCUT2D eigenvalue weighted by Crippen LogP contribution is -2.32. The third kappa shape index (κ3) is 2.22. The zero-order valence-corrected chi connectivity index (χ0v) is 10.8. The molecule has 2 heterocycles. The molecule has 3 rings (SSSR count). The number of aromatic nitrogens is 1. The first-order valence-electron chi connectivity index (χ1n) is 6.40. The summed E-state index contributed by atoms with van der Waals surface area (Å²) < 4.78 is 19.3. The van der Waals surface area contributed by atoms with E-state index in [9.17, 15) is 9.18 Å². The monoisotopic (exact) mass is 272 g/mol. The molecule has 0 radical (unpaired) electrons. The first-order valence-corrected chi connectivity index (χ1v) is 6.40. The van der Waals surface area contributed by atoms with Crippen LogP contribution >= 0.6 is 0 Å². The van der Waals surface area contributed by atoms with Crippen LogP contribution in [0, 0.1) is 5.82 Å². The Bertz CT molecular complexity index is 645. The minimum atomic E-state index is -0.611. The number of rotatable bonds is 1. The third-order valence-electron chi connectivity index (χ3n) is 3.19. The largest absolute Gasteiger partial charge is 0.491 e. The molecule has 0 fully saturated rings. The predicted molar refractivity (Wildman–Crippen MR) is 72.4 cm³/mol. The van der Waals surface area contributed by atoms with Gasteiger partial charge in [0.2, 0.25) is 0 Å². The van der Waals surface area contributed by atoms with E-state index in [4.69, 9.17) is 4.74 Å². The van der Waals surface area contributed by atoms with Gasteiger partial charge in [-0.05, 0) is 24.6 Å². The number of pyridine rings is 1. The summed E-state index contributed by atoms with van der Waals surface area (Å²) in [5, 5.41) is 0. The summed E-state index contributed by atoms with van der Waals surface area (Å²) in [6.45, 7) is 1.04. The molecule has 0 aliphatic carbocycles. The molecule has 0 spiro atoms. The summed E-state index contributed by atoms with van der Waals surface area (Å²) in [6.07, 6.45) is 3.16. The minimum absolute atomic E-state index is 0.0247. The highest BCUT2D eigenvalue weighted by atomic mass is 19.1. The van der Waals surface area contributed by atoms with Gasteiger partial charge in [-0.1, -0.05) is 12.1 Å². The average molecular weight is 272 g/mol. The van der Waals surface area contributed by atoms with Gasteiger partial charge < -0.3 is 9.64 Å². The van der Waals surface area contributed by atoms with E-state index in [1.54, 1.807) is 11.0 Å². The van der Waals surface area contributed by atoms with Crippen LogP contribution < -0.4 is 9.64 Å². The molecule has 4 nitrogen and oxygen atoms in total. The van der Waals surface area contributed by atoms with Crippen LogP contribution in [-0.4, -0.2) is 24.0 Å². The fourth-order valence-corrected chi connectivity index (χ4v) is 2.23. The van der Waals surface area contributed by atoms with Crippen LogP contribution in [-0.2, 0) is 0 Å². The fraction of sp³-hybridized carbons (Fsp3) is 0.200. The molecule has 20 heavy (non-hydrogen) atoms. The van der Waals surface area contributed by atoms with E-state index in [1.165, 1.54) is 12.3 Å². The van der Waals surface area contributed by atoms with Crippen molar-refractivity contribution in [3.63, 3.8) is 0 Å². The number of carbonyl (C=O) groups excluding carboxylic acids is 1. The van der Waals surface area contributed by atoms with Gasteiger partial charge >= 0.3 is 0 Å². The summed E-state index contributed by atoms with van der Waals surface area (Å²) in [6, 6.07) is 8.68. The number of nitrogens with zero attached hydrogens (tertiary/aromatic N) is 2. The van der Waals surface area contributed by atoms with Crippen LogP contribution in [0.5, 0.6) is 5.75 Å². The van der Waals surface area contributed by atoms with E-state index in [2.05, 4.69) is 4.98 Å². The average Bonchev–Trinajstić information content (AvgIpc) is 2.69. The van der Waals surface area contributed by atoms with Crippen LogP contribution in [0.3, 0.4) is 0 Å². The van der Waals surface area contributed by atoms with Crippen molar-refractivity contribution in [3.8, 4) is 5.75 Å². The molecule has 1 aliphatic heterocycles. The van der Waals surface area contributed by atoms with E-state index >= 15 is 0 Å². The number of hydrogen-bond acceptors (Lipinski definition) is 3. The van der Waals surface area contributed by atoms with Gasteiger partial charge in [0.25, 0.3) is 5.91 Å². The molecule has 1 amide bonds. The quantitative estimate of drug-likeness (QED) is 0.801. The number of benzene rings is 1. The molecule has 0 saturated heterocycles. The zero-order valence-electron chi connectivity index (χ0n) is 10.8. The molecule has 1 aliphatic rings. The second-order valence-corrected chi connectivity index (χ2v) is 4.48. The fourth-order valence-electron chi connectivity index (χ4n) is 2.23. The lowest BCUT2D eigenvalue weighted by atomic mass is 10.2. The van der Waals surface area contributed by atoms with Crippen molar-refractivity contribution in [1.29, 1.82) is 0 Å². The molecule has 5 heteroatoms. The number of anilines is 1. The van der Waals surface area contributed by atoms with Crippen LogP contribution in [0.15, 0.2) is 42.7 Å². The molecule has 0 N–H and O–H groups in total. The predicted octanol–water partition coefficient (Wildman–Crippen LogP) is 2.65. The van der Waals surface area contributed by atoms with Crippen molar-refractivity contribution in [2.45, 2.75) is 6.42 Å². The van der Waals surface area contributed by atoms with Crippen molar-refractivity contribution in [2.75, 3.05) is 18.1 Å². The highest BCUT2D eigenvalue weighted by Gasteiger charge is 2.24. The second-order valence-electron chi connectivity index (χ2n) is 4.48. The molecule has 2 aromatic rings. The first-order chi connectivity index (χ1) is 9.77. The smallest absolute Gasteiger partial charge is 0.261 e. The SMILES string of the molecule is O=C(c1ccncc1F)N1CCCOc2ccccc21. The van der Waals surface area contributed by atoms with Gasteiger partial charge in [-0.2, -0.15) is 0 Å². The lowest BCUT2D eigenvalue weighted by molar-refractivity contribution is 0.0983. The topological polar surface area (TPSA) is 42.4 Å². The molecule has 0 saturated carbocycles. The van der Waals surface area contributed by atoms with Crippen LogP contribution in [0.1, 0.15) is 16.8 Å². The van der Waals surface area contributed by atoms with Crippen molar-refractivity contribution in [1.82, 2.24) is 4.98 Å². The van der Waals surface area contributed by atoms with Gasteiger partial charge in [-0.3, -0.25) is 9.78 Å². The Morgan fingerprint density at radius 1 is 1.30 bits per heavy atom. The van der Waals surface area contributed by atoms with Gasteiger partial charge in [-0.25, -0.2) is 4.39 Å². The standard InChI is InChI=1S/C15H13FN2O2/c16-12-10-17-7-6-11(12)15(19)18-8-3-9-20-14-5-2-1-4-13(14)18/h1-2,4-7,10H,3,8-9H2. The Balaban J connectivity index is 2.02. The Labute approximate surface area is 115 Å². The van der Waals surface area contributed by atoms with Gasteiger partial charge in [-0.15, -0.1) is 0 Å². The molecular weight excluding hydrogens is 259 g/mol. The van der Waals surface area contributed by atoms with Gasteiger partial charge in [0, 0.05) is 12.7 Å². The Morgan fingerprint density at radius 3 is 3.00 bits per heavy atom. The summed E-state index contributed by atoms with van der Waals surface area (Å²) in [5.74, 6) is -0.337. The van der Waals surface area contributed by atoms with E-state index in [0.717, 1.165) is 6.20 Å². The van der Waals surface area contributed by atoms with E-state index in [0.29, 0.717) is 31.0 Å². The number of amides is 1. The molecular formula is C15H13FN2O2. The zero-order chi connectivity index (χ0) is 13.9. The Kier molecular flexibility index (Phi) is 3.33. The number of para-hydroxylation sites is 2. The second kappa shape index (κ2) is 5.28. The summed E-state index contributed by atoms with van der Waals surface area (Å²) >= 11 is 0. The van der Waals surface area contributed by atoms with Crippen molar-refractivity contribution in [2.24, 2.45) is 0 Å². The van der Waals surface area contributed by atoms with Gasteiger partial charge in [0.05, 0.1) is 24.1 Å². The molecule has 102 valence electrons. The van der Waals surface area contributed by atoms with Crippen LogP contribution in [0.2, 0.25) is 0 Å². The number of carbonyl (C=O) groups is 1. The first kappa shape index (κ1) is 12.6. The van der Waals surface area contributed by atoms with E-state index in [1.807, 2.05) is 18.2 Å². The summed E-state index contributed by atoms with van der Waals surface area (Å²) in [7, 11) is 0. The van der Waals surface area contributed by atoms with Gasteiger partial charge in [0.1, 0.15) is 5.75 Å². The minimum Gasteiger partial charge on any atom is -0.491 e. The highest BCUT2D eigenvalue weighted by molar-refractivity contribution is 6.07. The Morgan fingerprint density at radius 2 is 2.15 bits per heavy atom. The molecule has 0 unspecified atom stereocenters. The summed E-state index contributed by atoms with van der Waals surface area (Å²) in [5.41, 5.74) is 0.697. The maximum absolute atomic E-state index is 13.7. The molecule has 1 aromatic carbocycles. The Hall–Kier alpha value is -2.43. The maximum Gasteiger partial charge on any atom is 0.261 e. The van der Waals surface area contributed by atoms with Crippen LogP contribution in [0.25, 0.3) is 0 Å². The highest BCUT2D eigenvalue weighted by Crippen LogP contribution is 2.31. The van der Waals surface area contributed by atoms with E-state index in [-0.39, 0.29) is 11.5 Å². The van der Waals surface area contributed by atoms with E-state index < -0.39 is 5.82 Å². The van der Waals surface area contributed by atoms with Gasteiger partial charge in [0.15, 0.2) is 5.82 Å². The van der Waals surface area contributed by atoms with Crippen molar-refractivity contribution in [3.05, 3.63) is 54.1 Å². The molecule has 0 atom stereocenters. The molecule has 0 bridgehead atoms. The van der Waals surface area contributed by atoms with Crippen LogP contribution in [0.4, 0.5) is 10.1 Å². The lowest BCUT2D eigenvalue weighted by Gasteiger charge is -2.21. The number of fused-ring (bicyclic) bond motifs is 1. The third-order valence-corrected chi connectivity index (χ3v) is 3.19. The molecule has 1 aromatic heterocycles. The number of hydrogen-bond donors (Lipinski definition) is 0. The van der Waals surface area contributed by atoms with Crippen molar-refractivity contribution < 1.29 is 13.9 Å². The number of halogens is 1. The summed E-state index contributed by atoms with van der Waals surface area (Å²) in [4.78, 5) is 17.8. The normalized spacial score (nSPS) is 14.2.